The van der Waals surface area contributed by atoms with Gasteiger partial charge >= 0.3 is 0 Å². The minimum Gasteiger partial charge on any atom is -0.350 e. The molecule has 0 spiro atoms. The summed E-state index contributed by atoms with van der Waals surface area (Å²) in [5.41, 5.74) is 1.21. The normalized spacial score (nSPS) is 12.5. The van der Waals surface area contributed by atoms with E-state index in [2.05, 4.69) is 5.32 Å². The van der Waals surface area contributed by atoms with E-state index in [1.54, 1.807) is 43.3 Å². The van der Waals surface area contributed by atoms with Gasteiger partial charge in [-0.3, -0.25) is 13.9 Å². The fourth-order valence-electron chi connectivity index (χ4n) is 3.85. The lowest BCUT2D eigenvalue weighted by Gasteiger charge is -2.33. The van der Waals surface area contributed by atoms with E-state index in [9.17, 15) is 18.0 Å². The summed E-state index contributed by atoms with van der Waals surface area (Å²) in [7, 11) is -4.22. The minimum atomic E-state index is -4.22. The molecule has 0 radical (unpaired) electrons. The molecular formula is C29H32Cl3N3O4S. The number of rotatable bonds is 9. The van der Waals surface area contributed by atoms with Crippen LogP contribution >= 0.6 is 34.8 Å². The molecule has 2 amide bonds. The Morgan fingerprint density at radius 3 is 2.05 bits per heavy atom. The van der Waals surface area contributed by atoms with Crippen LogP contribution in [0.3, 0.4) is 0 Å². The lowest BCUT2D eigenvalue weighted by molar-refractivity contribution is -0.140. The van der Waals surface area contributed by atoms with E-state index in [0.717, 1.165) is 15.4 Å². The number of anilines is 1. The van der Waals surface area contributed by atoms with Gasteiger partial charge in [-0.2, -0.15) is 0 Å². The molecule has 0 aliphatic carbocycles. The number of halogens is 3. The number of benzene rings is 3. The Bertz CT molecular complexity index is 1470. The lowest BCUT2D eigenvalue weighted by Crippen LogP contribution is -2.54. The largest absolute Gasteiger partial charge is 0.350 e. The predicted molar refractivity (Wildman–Crippen MR) is 162 cm³/mol. The van der Waals surface area contributed by atoms with Crippen molar-refractivity contribution in [3.8, 4) is 0 Å². The molecule has 1 N–H and O–H groups in total. The second kappa shape index (κ2) is 12.8. The monoisotopic (exact) mass is 623 g/mol. The van der Waals surface area contributed by atoms with Gasteiger partial charge in [0.2, 0.25) is 11.8 Å². The summed E-state index contributed by atoms with van der Waals surface area (Å²) in [5, 5.41) is 3.78. The van der Waals surface area contributed by atoms with E-state index in [-0.39, 0.29) is 33.1 Å². The number of sulfonamides is 1. The van der Waals surface area contributed by atoms with Crippen molar-refractivity contribution in [2.45, 2.75) is 57.6 Å². The molecule has 0 heterocycles. The van der Waals surface area contributed by atoms with E-state index >= 15 is 0 Å². The topological polar surface area (TPSA) is 86.8 Å². The zero-order valence-corrected chi connectivity index (χ0v) is 26.0. The second-order valence-corrected chi connectivity index (χ2v) is 13.6. The zero-order valence-electron chi connectivity index (χ0n) is 22.9. The number of carbonyl (C=O) groups is 2. The van der Waals surface area contributed by atoms with Crippen LogP contribution in [0.4, 0.5) is 5.69 Å². The highest BCUT2D eigenvalue weighted by molar-refractivity contribution is 7.92. The van der Waals surface area contributed by atoms with Crippen molar-refractivity contribution in [2.24, 2.45) is 0 Å². The van der Waals surface area contributed by atoms with Crippen molar-refractivity contribution in [1.82, 2.24) is 10.2 Å². The van der Waals surface area contributed by atoms with E-state index < -0.39 is 34.1 Å². The van der Waals surface area contributed by atoms with Gasteiger partial charge in [0.15, 0.2) is 0 Å². The summed E-state index contributed by atoms with van der Waals surface area (Å²) < 4.78 is 28.7. The summed E-state index contributed by atoms with van der Waals surface area (Å²) in [6.45, 7) is 8.42. The van der Waals surface area contributed by atoms with Crippen LogP contribution in [0.2, 0.25) is 15.1 Å². The molecule has 214 valence electrons. The van der Waals surface area contributed by atoms with Crippen LogP contribution in [0.25, 0.3) is 0 Å². The van der Waals surface area contributed by atoms with Crippen LogP contribution in [0, 0.1) is 6.92 Å². The molecule has 0 bridgehead atoms. The highest BCUT2D eigenvalue weighted by Crippen LogP contribution is 2.31. The van der Waals surface area contributed by atoms with Gasteiger partial charge < -0.3 is 10.2 Å². The van der Waals surface area contributed by atoms with Gasteiger partial charge in [-0.1, -0.05) is 64.6 Å². The summed E-state index contributed by atoms with van der Waals surface area (Å²) in [5.74, 6) is -0.967. The third-order valence-electron chi connectivity index (χ3n) is 6.01. The van der Waals surface area contributed by atoms with Gasteiger partial charge in [0.1, 0.15) is 12.6 Å². The molecule has 1 atom stereocenters. The van der Waals surface area contributed by atoms with Gasteiger partial charge in [-0.25, -0.2) is 8.42 Å². The second-order valence-electron chi connectivity index (χ2n) is 10.5. The van der Waals surface area contributed by atoms with Crippen molar-refractivity contribution in [3.63, 3.8) is 0 Å². The minimum absolute atomic E-state index is 0.000234. The maximum atomic E-state index is 13.9. The summed E-state index contributed by atoms with van der Waals surface area (Å²) >= 11 is 18.4. The maximum absolute atomic E-state index is 13.9. The zero-order chi connectivity index (χ0) is 29.8. The van der Waals surface area contributed by atoms with E-state index in [1.807, 2.05) is 27.7 Å². The van der Waals surface area contributed by atoms with E-state index in [4.69, 9.17) is 34.8 Å². The van der Waals surface area contributed by atoms with Crippen molar-refractivity contribution < 1.29 is 18.0 Å². The Morgan fingerprint density at radius 1 is 0.900 bits per heavy atom. The Kier molecular flexibility index (Phi) is 10.2. The Morgan fingerprint density at radius 2 is 1.50 bits per heavy atom. The van der Waals surface area contributed by atoms with Gasteiger partial charge in [0, 0.05) is 17.1 Å². The molecule has 0 aliphatic rings. The molecule has 0 saturated heterocycles. The Balaban J connectivity index is 2.06. The Labute approximate surface area is 251 Å². The molecule has 3 aromatic carbocycles. The quantitative estimate of drug-likeness (QED) is 0.295. The standard InChI is InChI=1S/C29H32Cl3N3O4S/c1-19-6-13-24(14-7-19)40(38,39)35(23-12-15-25(31)26(32)16-23)18-27(36)34(17-21-8-10-22(30)11-9-21)20(2)28(37)33-29(3,4)5/h6-16,20H,17-18H2,1-5H3,(H,33,37)/t20-/m1/s1. The number of aryl methyl sites for hydroxylation is 1. The molecule has 0 aromatic heterocycles. The fourth-order valence-corrected chi connectivity index (χ4v) is 5.67. The molecule has 0 aliphatic heterocycles. The third kappa shape index (κ3) is 8.13. The van der Waals surface area contributed by atoms with Crippen molar-refractivity contribution in [1.29, 1.82) is 0 Å². The molecule has 11 heteroatoms. The van der Waals surface area contributed by atoms with Crippen LogP contribution in [-0.2, 0) is 26.2 Å². The third-order valence-corrected chi connectivity index (χ3v) is 8.79. The highest BCUT2D eigenvalue weighted by Gasteiger charge is 2.33. The lowest BCUT2D eigenvalue weighted by atomic mass is 10.1. The van der Waals surface area contributed by atoms with Crippen LogP contribution in [0.5, 0.6) is 0 Å². The van der Waals surface area contributed by atoms with Crippen molar-refractivity contribution >= 4 is 62.3 Å². The molecular weight excluding hydrogens is 593 g/mol. The smallest absolute Gasteiger partial charge is 0.264 e. The molecule has 3 rings (SSSR count). The average molecular weight is 625 g/mol. The van der Waals surface area contributed by atoms with Crippen LogP contribution in [-0.4, -0.2) is 43.3 Å². The maximum Gasteiger partial charge on any atom is 0.264 e. The molecule has 0 saturated carbocycles. The Hall–Kier alpha value is -2.78. The van der Waals surface area contributed by atoms with E-state index in [0.29, 0.717) is 5.02 Å². The van der Waals surface area contributed by atoms with Gasteiger partial charge in [0.05, 0.1) is 20.6 Å². The first-order valence-corrected chi connectivity index (χ1v) is 15.1. The first-order chi connectivity index (χ1) is 18.6. The van der Waals surface area contributed by atoms with Gasteiger partial charge in [0.25, 0.3) is 10.0 Å². The number of nitrogens with one attached hydrogen (secondary N) is 1. The molecule has 40 heavy (non-hydrogen) atoms. The van der Waals surface area contributed by atoms with Gasteiger partial charge in [-0.15, -0.1) is 0 Å². The summed E-state index contributed by atoms with van der Waals surface area (Å²) in [4.78, 5) is 28.4. The van der Waals surface area contributed by atoms with Gasteiger partial charge in [-0.05, 0) is 82.6 Å². The number of hydrogen-bond donors (Lipinski definition) is 1. The van der Waals surface area contributed by atoms with Crippen LogP contribution < -0.4 is 9.62 Å². The number of amides is 2. The first kappa shape index (κ1) is 31.7. The summed E-state index contributed by atoms with van der Waals surface area (Å²) in [6, 6.07) is 16.6. The average Bonchev–Trinajstić information content (AvgIpc) is 2.87. The number of hydrogen-bond acceptors (Lipinski definition) is 4. The number of carbonyl (C=O) groups excluding carboxylic acids is 2. The van der Waals surface area contributed by atoms with E-state index in [1.165, 1.54) is 35.2 Å². The SMILES string of the molecule is Cc1ccc(S(=O)(=O)N(CC(=O)N(Cc2ccc(Cl)cc2)[C@H](C)C(=O)NC(C)(C)C)c2ccc(Cl)c(Cl)c2)cc1. The van der Waals surface area contributed by atoms with Crippen LogP contribution in [0.1, 0.15) is 38.8 Å². The highest BCUT2D eigenvalue weighted by atomic mass is 35.5. The number of nitrogens with zero attached hydrogens (tertiary/aromatic N) is 2. The fraction of sp³-hybridized carbons (Fsp3) is 0.310. The molecule has 7 nitrogen and oxygen atoms in total. The summed E-state index contributed by atoms with van der Waals surface area (Å²) in [6.07, 6.45) is 0. The molecule has 0 fully saturated rings. The molecule has 3 aromatic rings. The predicted octanol–water partition coefficient (Wildman–Crippen LogP) is 6.48. The van der Waals surface area contributed by atoms with Crippen LogP contribution in [0.15, 0.2) is 71.6 Å². The first-order valence-electron chi connectivity index (χ1n) is 12.5. The molecule has 0 unspecified atom stereocenters. The van der Waals surface area contributed by atoms with Crippen molar-refractivity contribution in [3.05, 3.63) is 92.9 Å². The van der Waals surface area contributed by atoms with Crippen molar-refractivity contribution in [2.75, 3.05) is 10.8 Å².